The van der Waals surface area contributed by atoms with Gasteiger partial charge in [-0.2, -0.15) is 5.26 Å². The van der Waals surface area contributed by atoms with Gasteiger partial charge >= 0.3 is 5.97 Å². The minimum absolute atomic E-state index is 0.120. The number of nitriles is 1. The second-order valence-electron chi connectivity index (χ2n) is 8.16. The molecule has 1 atom stereocenters. The number of Topliss-reactive ketones (excluding diaryl/α,β-unsaturated/α-hetero) is 1. The number of fused-ring (bicyclic) bond motifs is 1. The van der Waals surface area contributed by atoms with Gasteiger partial charge in [-0.25, -0.2) is 4.99 Å². The summed E-state index contributed by atoms with van der Waals surface area (Å²) in [6, 6.07) is 2.21. The van der Waals surface area contributed by atoms with Crippen LogP contribution in [0.4, 0.5) is 5.00 Å². The van der Waals surface area contributed by atoms with Crippen molar-refractivity contribution in [3.05, 3.63) is 16.0 Å². The number of rotatable bonds is 6. The third-order valence-corrected chi connectivity index (χ3v) is 5.89. The van der Waals surface area contributed by atoms with E-state index in [9.17, 15) is 14.9 Å². The molecular formula is C20H26ClN3O3S. The highest BCUT2D eigenvalue weighted by Gasteiger charge is 2.48. The lowest BCUT2D eigenvalue weighted by molar-refractivity contribution is -0.158. The fourth-order valence-electron chi connectivity index (χ4n) is 3.49. The number of thiophene rings is 1. The monoisotopic (exact) mass is 423 g/mol. The Morgan fingerprint density at radius 3 is 2.64 bits per heavy atom. The standard InChI is InChI=1S/C20H26ClN3O3S/c1-19(2,3)27-16(26)9-20(15(25)10-21)8-6-7-14-17(20)13(11-22)18(28-14)23-12-24(4)5/h12H,6-10H2,1-5H3/b23-12+. The van der Waals surface area contributed by atoms with Gasteiger partial charge in [0.25, 0.3) is 0 Å². The number of alkyl halides is 1. The van der Waals surface area contributed by atoms with Crippen LogP contribution < -0.4 is 0 Å². The first-order chi connectivity index (χ1) is 13.0. The van der Waals surface area contributed by atoms with E-state index in [2.05, 4.69) is 11.1 Å². The largest absolute Gasteiger partial charge is 0.460 e. The maximum Gasteiger partial charge on any atom is 0.307 e. The Morgan fingerprint density at radius 1 is 1.43 bits per heavy atom. The molecule has 0 N–H and O–H groups in total. The van der Waals surface area contributed by atoms with E-state index < -0.39 is 17.0 Å². The molecule has 1 aliphatic rings. The number of halogens is 1. The summed E-state index contributed by atoms with van der Waals surface area (Å²) in [5.74, 6) is -0.940. The molecule has 152 valence electrons. The van der Waals surface area contributed by atoms with Crippen molar-refractivity contribution in [1.82, 2.24) is 4.90 Å². The van der Waals surface area contributed by atoms with Crippen LogP contribution in [0.3, 0.4) is 0 Å². The van der Waals surface area contributed by atoms with E-state index >= 15 is 0 Å². The van der Waals surface area contributed by atoms with Crippen molar-refractivity contribution in [3.63, 3.8) is 0 Å². The highest BCUT2D eigenvalue weighted by Crippen LogP contribution is 2.50. The van der Waals surface area contributed by atoms with E-state index in [0.29, 0.717) is 22.5 Å². The quantitative estimate of drug-likeness (QED) is 0.299. The molecule has 6 nitrogen and oxygen atoms in total. The smallest absolute Gasteiger partial charge is 0.307 e. The molecule has 1 aromatic heterocycles. The Hall–Kier alpha value is -1.91. The first-order valence-corrected chi connectivity index (χ1v) is 10.5. The molecule has 0 aliphatic heterocycles. The van der Waals surface area contributed by atoms with Crippen molar-refractivity contribution in [2.45, 2.75) is 57.5 Å². The molecule has 0 saturated carbocycles. The van der Waals surface area contributed by atoms with Crippen LogP contribution in [0, 0.1) is 11.3 Å². The summed E-state index contributed by atoms with van der Waals surface area (Å²) in [6.45, 7) is 5.35. The molecule has 2 rings (SSSR count). The number of aliphatic imine (C=N–C) groups is 1. The number of carbonyl (C=O) groups excluding carboxylic acids is 2. The lowest BCUT2D eigenvalue weighted by Gasteiger charge is -2.36. The van der Waals surface area contributed by atoms with Crippen LogP contribution in [-0.2, 0) is 26.2 Å². The maximum atomic E-state index is 13.0. The second kappa shape index (κ2) is 8.62. The Labute approximate surface area is 175 Å². The molecule has 1 aromatic rings. The average molecular weight is 424 g/mol. The van der Waals surface area contributed by atoms with Crippen molar-refractivity contribution in [2.24, 2.45) is 4.99 Å². The van der Waals surface area contributed by atoms with Gasteiger partial charge in [0.15, 0.2) is 5.78 Å². The highest BCUT2D eigenvalue weighted by molar-refractivity contribution is 7.16. The predicted molar refractivity (Wildman–Crippen MR) is 112 cm³/mol. The number of hydrogen-bond acceptors (Lipinski definition) is 6. The Morgan fingerprint density at radius 2 is 2.11 bits per heavy atom. The van der Waals surface area contributed by atoms with E-state index in [4.69, 9.17) is 16.3 Å². The van der Waals surface area contributed by atoms with Crippen LogP contribution in [0.25, 0.3) is 0 Å². The first-order valence-electron chi connectivity index (χ1n) is 9.12. The van der Waals surface area contributed by atoms with Crippen molar-refractivity contribution in [2.75, 3.05) is 20.0 Å². The Bertz CT molecular complexity index is 833. The number of nitrogens with zero attached hydrogens (tertiary/aromatic N) is 3. The minimum Gasteiger partial charge on any atom is -0.460 e. The normalized spacial score (nSPS) is 19.2. The zero-order valence-electron chi connectivity index (χ0n) is 17.0. The molecule has 0 aromatic carbocycles. The molecular weight excluding hydrogens is 398 g/mol. The van der Waals surface area contributed by atoms with Gasteiger partial charge in [0, 0.05) is 24.5 Å². The molecule has 0 radical (unpaired) electrons. The summed E-state index contributed by atoms with van der Waals surface area (Å²) < 4.78 is 5.48. The van der Waals surface area contributed by atoms with Crippen LogP contribution in [0.2, 0.25) is 0 Å². The molecule has 28 heavy (non-hydrogen) atoms. The summed E-state index contributed by atoms with van der Waals surface area (Å²) in [5, 5.41) is 10.4. The highest BCUT2D eigenvalue weighted by atomic mass is 35.5. The van der Waals surface area contributed by atoms with Crippen LogP contribution in [0.15, 0.2) is 4.99 Å². The maximum absolute atomic E-state index is 13.0. The van der Waals surface area contributed by atoms with Gasteiger partial charge in [-0.05, 0) is 40.0 Å². The fraction of sp³-hybridized carbons (Fsp3) is 0.600. The zero-order valence-corrected chi connectivity index (χ0v) is 18.5. The number of ether oxygens (including phenoxy) is 1. The fourth-order valence-corrected chi connectivity index (χ4v) is 4.98. The SMILES string of the molecule is CN(C)/C=N/c1sc2c(c1C#N)C(CC(=O)OC(C)(C)C)(C(=O)CCl)CCC2. The summed E-state index contributed by atoms with van der Waals surface area (Å²) in [4.78, 5) is 32.8. The van der Waals surface area contributed by atoms with Gasteiger partial charge in [0.2, 0.25) is 0 Å². The number of ketones is 1. The summed E-state index contributed by atoms with van der Waals surface area (Å²) in [5.41, 5.74) is -0.813. The molecule has 0 saturated heterocycles. The summed E-state index contributed by atoms with van der Waals surface area (Å²) >= 11 is 7.35. The Kier molecular flexibility index (Phi) is 6.89. The van der Waals surface area contributed by atoms with Crippen molar-refractivity contribution >= 4 is 46.0 Å². The minimum atomic E-state index is -1.13. The number of esters is 1. The van der Waals surface area contributed by atoms with E-state index in [1.807, 2.05) is 14.1 Å². The molecule has 0 bridgehead atoms. The lowest BCUT2D eigenvalue weighted by atomic mass is 9.66. The van der Waals surface area contributed by atoms with Gasteiger partial charge in [0.05, 0.1) is 29.6 Å². The molecule has 8 heteroatoms. The summed E-state index contributed by atoms with van der Waals surface area (Å²) in [7, 11) is 3.68. The number of aryl methyl sites for hydroxylation is 1. The second-order valence-corrected chi connectivity index (χ2v) is 9.51. The van der Waals surface area contributed by atoms with E-state index in [0.717, 1.165) is 17.7 Å². The van der Waals surface area contributed by atoms with Gasteiger partial charge in [-0.3, -0.25) is 9.59 Å². The van der Waals surface area contributed by atoms with E-state index in [1.165, 1.54) is 11.3 Å². The molecule has 0 fully saturated rings. The third kappa shape index (κ3) is 4.73. The van der Waals surface area contributed by atoms with Gasteiger partial charge in [-0.15, -0.1) is 22.9 Å². The zero-order chi connectivity index (χ0) is 21.1. The van der Waals surface area contributed by atoms with Gasteiger partial charge < -0.3 is 9.64 Å². The van der Waals surface area contributed by atoms with Gasteiger partial charge in [-0.1, -0.05) is 0 Å². The topological polar surface area (TPSA) is 82.8 Å². The van der Waals surface area contributed by atoms with Crippen LogP contribution in [-0.4, -0.2) is 48.6 Å². The molecule has 1 heterocycles. The molecule has 1 aliphatic carbocycles. The first kappa shape index (κ1) is 22.4. The van der Waals surface area contributed by atoms with E-state index in [-0.39, 0.29) is 18.1 Å². The predicted octanol–water partition coefficient (Wildman–Crippen LogP) is 3.95. The molecule has 0 amide bonds. The lowest BCUT2D eigenvalue weighted by Crippen LogP contribution is -2.43. The summed E-state index contributed by atoms with van der Waals surface area (Å²) in [6.07, 6.45) is 3.45. The number of carbonyl (C=O) groups is 2. The van der Waals surface area contributed by atoms with Gasteiger partial charge in [0.1, 0.15) is 16.7 Å². The molecule has 0 spiro atoms. The number of hydrogen-bond donors (Lipinski definition) is 0. The van der Waals surface area contributed by atoms with Crippen molar-refractivity contribution < 1.29 is 14.3 Å². The van der Waals surface area contributed by atoms with Crippen LogP contribution >= 0.6 is 22.9 Å². The average Bonchev–Trinajstić information content (AvgIpc) is 2.96. The van der Waals surface area contributed by atoms with Crippen LogP contribution in [0.5, 0.6) is 0 Å². The Balaban J connectivity index is 2.60. The van der Waals surface area contributed by atoms with Crippen LogP contribution in [0.1, 0.15) is 56.0 Å². The van der Waals surface area contributed by atoms with Crippen molar-refractivity contribution in [1.29, 1.82) is 5.26 Å². The molecule has 1 unspecified atom stereocenters. The third-order valence-electron chi connectivity index (χ3n) is 4.49. The van der Waals surface area contributed by atoms with Crippen molar-refractivity contribution in [3.8, 4) is 6.07 Å². The van der Waals surface area contributed by atoms with E-state index in [1.54, 1.807) is 32.0 Å².